The van der Waals surface area contributed by atoms with Crippen molar-refractivity contribution in [1.82, 2.24) is 0 Å². The fraction of sp³-hybridized carbons (Fsp3) is 1.00. The smallest absolute Gasteiger partial charge is 0.0876 e. The topological polar surface area (TPSA) is 75.7 Å². The fourth-order valence-electron chi connectivity index (χ4n) is 1.49. The average molecular weight is 161 g/mol. The van der Waals surface area contributed by atoms with Gasteiger partial charge >= 0.3 is 0 Å². The third kappa shape index (κ3) is 1.54. The van der Waals surface area contributed by atoms with Crippen LogP contribution in [0.25, 0.3) is 0 Å². The number of hydrogen-bond donors (Lipinski definition) is 3. The second-order valence-corrected chi connectivity index (χ2v) is 2.95. The lowest BCUT2D eigenvalue weighted by Crippen LogP contribution is -2.34. The molecule has 1 fully saturated rings. The van der Waals surface area contributed by atoms with Crippen molar-refractivity contribution in [3.8, 4) is 0 Å². The highest BCUT2D eigenvalue weighted by Gasteiger charge is 2.39. The molecule has 66 valence electrons. The van der Waals surface area contributed by atoms with Crippen molar-refractivity contribution >= 4 is 0 Å². The first-order valence-electron chi connectivity index (χ1n) is 3.85. The Balaban J connectivity index is 2.57. The molecular weight excluding hydrogens is 146 g/mol. The summed E-state index contributed by atoms with van der Waals surface area (Å²) in [6.45, 7) is 2.07. The van der Waals surface area contributed by atoms with Gasteiger partial charge in [-0.15, -0.1) is 0 Å². The van der Waals surface area contributed by atoms with Crippen molar-refractivity contribution in [2.24, 2.45) is 11.7 Å². The van der Waals surface area contributed by atoms with Gasteiger partial charge in [-0.2, -0.15) is 0 Å². The van der Waals surface area contributed by atoms with Crippen molar-refractivity contribution in [3.05, 3.63) is 0 Å². The first kappa shape index (κ1) is 8.93. The molecule has 0 spiro atoms. The Morgan fingerprint density at radius 1 is 1.55 bits per heavy atom. The van der Waals surface area contributed by atoms with Gasteiger partial charge in [0.15, 0.2) is 0 Å². The maximum absolute atomic E-state index is 9.44. The highest BCUT2D eigenvalue weighted by Crippen LogP contribution is 2.25. The largest absolute Gasteiger partial charge is 0.394 e. The zero-order valence-electron chi connectivity index (χ0n) is 6.60. The molecule has 4 atom stereocenters. The van der Waals surface area contributed by atoms with Crippen LogP contribution in [-0.2, 0) is 4.74 Å². The van der Waals surface area contributed by atoms with E-state index in [1.54, 1.807) is 6.92 Å². The molecule has 4 N–H and O–H groups in total. The Morgan fingerprint density at radius 3 is 2.55 bits per heavy atom. The molecule has 0 amide bonds. The molecule has 2 unspecified atom stereocenters. The van der Waals surface area contributed by atoms with E-state index in [0.717, 1.165) is 0 Å². The second-order valence-electron chi connectivity index (χ2n) is 2.95. The van der Waals surface area contributed by atoms with Crippen molar-refractivity contribution in [2.75, 3.05) is 13.2 Å². The molecule has 0 radical (unpaired) electrons. The lowest BCUT2D eigenvalue weighted by molar-refractivity contribution is -0.00201. The molecule has 4 heteroatoms. The molecule has 0 aromatic carbocycles. The number of aliphatic hydroxyl groups excluding tert-OH is 2. The van der Waals surface area contributed by atoms with Gasteiger partial charge in [-0.1, -0.05) is 0 Å². The van der Waals surface area contributed by atoms with Crippen LogP contribution in [0.2, 0.25) is 0 Å². The molecule has 1 rings (SSSR count). The van der Waals surface area contributed by atoms with E-state index in [0.29, 0.717) is 6.54 Å². The number of nitrogens with two attached hydrogens (primary N) is 1. The van der Waals surface area contributed by atoms with Crippen LogP contribution in [0.15, 0.2) is 0 Å². The van der Waals surface area contributed by atoms with Gasteiger partial charge in [-0.3, -0.25) is 0 Å². The monoisotopic (exact) mass is 161 g/mol. The number of aliphatic hydroxyl groups is 2. The molecule has 0 aromatic rings. The van der Waals surface area contributed by atoms with E-state index in [-0.39, 0.29) is 24.7 Å². The highest BCUT2D eigenvalue weighted by atomic mass is 16.5. The van der Waals surface area contributed by atoms with Crippen LogP contribution in [0, 0.1) is 5.92 Å². The third-order valence-electron chi connectivity index (χ3n) is 2.24. The van der Waals surface area contributed by atoms with Crippen LogP contribution >= 0.6 is 0 Å². The Morgan fingerprint density at radius 2 is 2.18 bits per heavy atom. The van der Waals surface area contributed by atoms with Crippen LogP contribution < -0.4 is 5.73 Å². The molecule has 0 aromatic heterocycles. The van der Waals surface area contributed by atoms with Crippen molar-refractivity contribution in [1.29, 1.82) is 0 Å². The van der Waals surface area contributed by atoms with Crippen molar-refractivity contribution in [3.63, 3.8) is 0 Å². The second kappa shape index (κ2) is 3.49. The van der Waals surface area contributed by atoms with E-state index in [1.165, 1.54) is 0 Å². The quantitative estimate of drug-likeness (QED) is 0.470. The Bertz CT molecular complexity index is 131. The normalized spacial score (nSPS) is 44.7. The van der Waals surface area contributed by atoms with E-state index in [2.05, 4.69) is 0 Å². The van der Waals surface area contributed by atoms with Crippen molar-refractivity contribution < 1.29 is 14.9 Å². The summed E-state index contributed by atoms with van der Waals surface area (Å²) in [4.78, 5) is 0. The van der Waals surface area contributed by atoms with Gasteiger partial charge in [0, 0.05) is 12.5 Å². The van der Waals surface area contributed by atoms with E-state index in [1.807, 2.05) is 0 Å². The Hall–Kier alpha value is -0.160. The summed E-state index contributed by atoms with van der Waals surface area (Å²) in [6.07, 6.45) is -1.03. The minimum absolute atomic E-state index is 0.0662. The highest BCUT2D eigenvalue weighted by molar-refractivity contribution is 4.88. The Labute approximate surface area is 66.0 Å². The number of hydrogen-bond acceptors (Lipinski definition) is 4. The van der Waals surface area contributed by atoms with Gasteiger partial charge in [0.2, 0.25) is 0 Å². The summed E-state index contributed by atoms with van der Waals surface area (Å²) in [5, 5.41) is 18.3. The summed E-state index contributed by atoms with van der Waals surface area (Å²) in [5.74, 6) is -0.116. The average Bonchev–Trinajstić information content (AvgIpc) is 2.28. The lowest BCUT2D eigenvalue weighted by atomic mass is 9.97. The molecule has 0 bridgehead atoms. The van der Waals surface area contributed by atoms with Crippen LogP contribution in [0.4, 0.5) is 0 Å². The predicted octanol–water partition coefficient (Wildman–Crippen LogP) is -1.30. The molecule has 4 nitrogen and oxygen atoms in total. The van der Waals surface area contributed by atoms with E-state index < -0.39 is 6.10 Å². The zero-order valence-corrected chi connectivity index (χ0v) is 6.60. The maximum atomic E-state index is 9.44. The molecule has 1 aliphatic rings. The predicted molar refractivity (Wildman–Crippen MR) is 40.0 cm³/mol. The summed E-state index contributed by atoms with van der Waals surface area (Å²) in [6, 6.07) is 0. The molecule has 1 aliphatic heterocycles. The lowest BCUT2D eigenvalue weighted by Gasteiger charge is -2.15. The first-order valence-corrected chi connectivity index (χ1v) is 3.85. The first-order chi connectivity index (χ1) is 5.20. The molecule has 0 aliphatic carbocycles. The summed E-state index contributed by atoms with van der Waals surface area (Å²) >= 11 is 0. The minimum atomic E-state index is -0.530. The maximum Gasteiger partial charge on any atom is 0.0876 e. The SMILES string of the molecule is C[C@@H]1O[C@H](CO)C(CN)C1O. The molecule has 0 saturated carbocycles. The molecule has 11 heavy (non-hydrogen) atoms. The van der Waals surface area contributed by atoms with Crippen LogP contribution in [0.1, 0.15) is 6.92 Å². The standard InChI is InChI=1S/C7H15NO3/c1-4-7(10)5(2-8)6(3-9)11-4/h4-7,9-10H,2-3,8H2,1H3/t4-,5?,6+,7?/m0/s1. The fourth-order valence-corrected chi connectivity index (χ4v) is 1.49. The van der Waals surface area contributed by atoms with E-state index >= 15 is 0 Å². The summed E-state index contributed by atoms with van der Waals surface area (Å²) in [7, 11) is 0. The number of ether oxygens (including phenoxy) is 1. The molecular formula is C7H15NO3. The van der Waals surface area contributed by atoms with Gasteiger partial charge < -0.3 is 20.7 Å². The van der Waals surface area contributed by atoms with Gasteiger partial charge in [-0.25, -0.2) is 0 Å². The van der Waals surface area contributed by atoms with Gasteiger partial charge in [0.1, 0.15) is 0 Å². The van der Waals surface area contributed by atoms with Crippen molar-refractivity contribution in [2.45, 2.75) is 25.2 Å². The van der Waals surface area contributed by atoms with Crippen LogP contribution in [-0.4, -0.2) is 41.7 Å². The Kier molecular flexibility index (Phi) is 2.84. The number of rotatable bonds is 2. The van der Waals surface area contributed by atoms with E-state index in [4.69, 9.17) is 15.6 Å². The van der Waals surface area contributed by atoms with Gasteiger partial charge in [0.25, 0.3) is 0 Å². The minimum Gasteiger partial charge on any atom is -0.394 e. The zero-order chi connectivity index (χ0) is 8.43. The molecule has 1 heterocycles. The van der Waals surface area contributed by atoms with Crippen LogP contribution in [0.5, 0.6) is 0 Å². The molecule has 1 saturated heterocycles. The van der Waals surface area contributed by atoms with E-state index in [9.17, 15) is 5.11 Å². The summed E-state index contributed by atoms with van der Waals surface area (Å²) in [5.41, 5.74) is 5.40. The third-order valence-corrected chi connectivity index (χ3v) is 2.24. The summed E-state index contributed by atoms with van der Waals surface area (Å²) < 4.78 is 5.25. The van der Waals surface area contributed by atoms with Crippen LogP contribution in [0.3, 0.4) is 0 Å². The van der Waals surface area contributed by atoms with Gasteiger partial charge in [-0.05, 0) is 6.92 Å². The van der Waals surface area contributed by atoms with Gasteiger partial charge in [0.05, 0.1) is 24.9 Å².